The van der Waals surface area contributed by atoms with E-state index in [4.69, 9.17) is 21.7 Å². The van der Waals surface area contributed by atoms with Gasteiger partial charge in [0, 0.05) is 19.7 Å². The Balaban J connectivity index is 1.78. The number of hydrogen-bond acceptors (Lipinski definition) is 5. The number of aromatic nitrogens is 3. The molecular weight excluding hydrogens is 252 g/mol. The summed E-state index contributed by atoms with van der Waals surface area (Å²) >= 11 is 5.31. The van der Waals surface area contributed by atoms with E-state index in [-0.39, 0.29) is 6.10 Å². The molecule has 0 aromatic carbocycles. The zero-order valence-corrected chi connectivity index (χ0v) is 11.1. The highest BCUT2D eigenvalue weighted by Gasteiger charge is 2.22. The van der Waals surface area contributed by atoms with Gasteiger partial charge in [-0.25, -0.2) is 5.10 Å². The fourth-order valence-electron chi connectivity index (χ4n) is 2.47. The third kappa shape index (κ3) is 2.43. The summed E-state index contributed by atoms with van der Waals surface area (Å²) < 4.78 is 13.8. The maximum absolute atomic E-state index is 5.67. The lowest BCUT2D eigenvalue weighted by Gasteiger charge is -2.28. The van der Waals surface area contributed by atoms with Crippen molar-refractivity contribution in [2.75, 3.05) is 37.8 Å². The molecule has 1 aromatic rings. The minimum absolute atomic E-state index is 0.272. The minimum atomic E-state index is 0.272. The number of nitrogens with one attached hydrogen (secondary N) is 1. The van der Waals surface area contributed by atoms with Crippen molar-refractivity contribution < 1.29 is 9.47 Å². The van der Waals surface area contributed by atoms with Crippen LogP contribution in [0.25, 0.3) is 0 Å². The fraction of sp³-hybridized carbons (Fsp3) is 0.818. The van der Waals surface area contributed by atoms with E-state index in [1.807, 2.05) is 0 Å². The highest BCUT2D eigenvalue weighted by molar-refractivity contribution is 7.71. The Morgan fingerprint density at radius 1 is 1.33 bits per heavy atom. The van der Waals surface area contributed by atoms with Gasteiger partial charge in [-0.2, -0.15) is 0 Å². The van der Waals surface area contributed by atoms with Crippen LogP contribution in [-0.2, 0) is 16.0 Å². The summed E-state index contributed by atoms with van der Waals surface area (Å²) in [5.41, 5.74) is 0. The summed E-state index contributed by atoms with van der Waals surface area (Å²) in [6, 6.07) is 0. The zero-order valence-electron chi connectivity index (χ0n) is 10.3. The number of morpholine rings is 1. The van der Waals surface area contributed by atoms with E-state index >= 15 is 0 Å². The second-order valence-electron chi connectivity index (χ2n) is 4.67. The van der Waals surface area contributed by atoms with Gasteiger partial charge in [0.1, 0.15) is 0 Å². The molecule has 2 aliphatic rings. The van der Waals surface area contributed by atoms with Gasteiger partial charge in [0.25, 0.3) is 0 Å². The Hall–Kier alpha value is -0.920. The normalized spacial score (nSPS) is 24.7. The largest absolute Gasteiger partial charge is 0.378 e. The molecule has 7 heteroatoms. The highest BCUT2D eigenvalue weighted by Crippen LogP contribution is 2.19. The monoisotopic (exact) mass is 270 g/mol. The third-order valence-corrected chi connectivity index (χ3v) is 3.75. The molecule has 3 rings (SSSR count). The molecule has 0 amide bonds. The van der Waals surface area contributed by atoms with Gasteiger partial charge < -0.3 is 14.4 Å². The van der Waals surface area contributed by atoms with E-state index in [9.17, 15) is 0 Å². The van der Waals surface area contributed by atoms with Crippen LogP contribution in [0.4, 0.5) is 5.95 Å². The van der Waals surface area contributed by atoms with Crippen molar-refractivity contribution in [3.63, 3.8) is 0 Å². The molecule has 18 heavy (non-hydrogen) atoms. The first-order valence-electron chi connectivity index (χ1n) is 6.44. The molecule has 2 saturated heterocycles. The first-order chi connectivity index (χ1) is 8.84. The van der Waals surface area contributed by atoms with Crippen molar-refractivity contribution >= 4 is 18.2 Å². The van der Waals surface area contributed by atoms with Gasteiger partial charge in [-0.3, -0.25) is 4.57 Å². The SMILES string of the molecule is S=c1[nH]nc(N2CCOCC2)n1CC1CCCO1. The van der Waals surface area contributed by atoms with Crippen molar-refractivity contribution in [1.29, 1.82) is 0 Å². The molecule has 1 atom stereocenters. The van der Waals surface area contributed by atoms with Crippen LogP contribution in [0.2, 0.25) is 0 Å². The Kier molecular flexibility index (Phi) is 3.62. The molecule has 0 bridgehead atoms. The maximum atomic E-state index is 5.67. The van der Waals surface area contributed by atoms with Crippen LogP contribution >= 0.6 is 12.2 Å². The van der Waals surface area contributed by atoms with Crippen molar-refractivity contribution in [3.05, 3.63) is 4.77 Å². The number of ether oxygens (including phenoxy) is 2. The molecule has 0 saturated carbocycles. The molecule has 1 unspecified atom stereocenters. The molecule has 0 aliphatic carbocycles. The van der Waals surface area contributed by atoms with Crippen LogP contribution in [0.1, 0.15) is 12.8 Å². The van der Waals surface area contributed by atoms with Crippen LogP contribution < -0.4 is 4.90 Å². The Morgan fingerprint density at radius 3 is 2.89 bits per heavy atom. The van der Waals surface area contributed by atoms with Crippen LogP contribution in [0.5, 0.6) is 0 Å². The summed E-state index contributed by atoms with van der Waals surface area (Å²) in [4.78, 5) is 2.21. The van der Waals surface area contributed by atoms with E-state index in [2.05, 4.69) is 19.7 Å². The zero-order chi connectivity index (χ0) is 12.4. The van der Waals surface area contributed by atoms with Gasteiger partial charge in [-0.1, -0.05) is 0 Å². The van der Waals surface area contributed by atoms with Crippen molar-refractivity contribution in [2.24, 2.45) is 0 Å². The molecule has 1 aromatic heterocycles. The van der Waals surface area contributed by atoms with Gasteiger partial charge in [0.2, 0.25) is 5.95 Å². The van der Waals surface area contributed by atoms with E-state index in [0.29, 0.717) is 4.77 Å². The molecule has 100 valence electrons. The molecule has 1 N–H and O–H groups in total. The van der Waals surface area contributed by atoms with Gasteiger partial charge in [0.05, 0.1) is 25.9 Å². The number of nitrogens with zero attached hydrogens (tertiary/aromatic N) is 3. The predicted octanol–water partition coefficient (Wildman–Crippen LogP) is 0.956. The van der Waals surface area contributed by atoms with Gasteiger partial charge in [0.15, 0.2) is 4.77 Å². The standard InChI is InChI=1S/C11H18N4O2S/c18-11-13-12-10(14-3-6-16-7-4-14)15(11)8-9-2-1-5-17-9/h9H,1-8H2,(H,13,18). The summed E-state index contributed by atoms with van der Waals surface area (Å²) in [6.07, 6.45) is 2.52. The quantitative estimate of drug-likeness (QED) is 0.829. The smallest absolute Gasteiger partial charge is 0.225 e. The topological polar surface area (TPSA) is 55.3 Å². The number of anilines is 1. The van der Waals surface area contributed by atoms with Crippen LogP contribution in [0.15, 0.2) is 0 Å². The maximum Gasteiger partial charge on any atom is 0.225 e. The van der Waals surface area contributed by atoms with E-state index in [0.717, 1.165) is 58.2 Å². The van der Waals surface area contributed by atoms with Crippen molar-refractivity contribution in [2.45, 2.75) is 25.5 Å². The molecule has 0 radical (unpaired) electrons. The second kappa shape index (κ2) is 5.38. The Bertz CT molecular complexity index is 446. The van der Waals surface area contributed by atoms with E-state index in [1.165, 1.54) is 0 Å². The minimum Gasteiger partial charge on any atom is -0.378 e. The number of hydrogen-bond donors (Lipinski definition) is 1. The van der Waals surface area contributed by atoms with E-state index in [1.54, 1.807) is 0 Å². The number of H-pyrrole nitrogens is 1. The Labute approximate surface area is 111 Å². The van der Waals surface area contributed by atoms with Crippen molar-refractivity contribution in [3.8, 4) is 0 Å². The van der Waals surface area contributed by atoms with Gasteiger partial charge >= 0.3 is 0 Å². The third-order valence-electron chi connectivity index (χ3n) is 3.44. The molecule has 2 fully saturated rings. The summed E-state index contributed by atoms with van der Waals surface area (Å²) in [6.45, 7) is 4.89. The molecule has 6 nitrogen and oxygen atoms in total. The lowest BCUT2D eigenvalue weighted by Crippen LogP contribution is -2.38. The van der Waals surface area contributed by atoms with E-state index < -0.39 is 0 Å². The fourth-order valence-corrected chi connectivity index (χ4v) is 2.67. The summed E-state index contributed by atoms with van der Waals surface area (Å²) in [5, 5.41) is 7.23. The molecule has 3 heterocycles. The van der Waals surface area contributed by atoms with Crippen LogP contribution in [0, 0.1) is 4.77 Å². The van der Waals surface area contributed by atoms with Crippen LogP contribution in [0.3, 0.4) is 0 Å². The first-order valence-corrected chi connectivity index (χ1v) is 6.85. The van der Waals surface area contributed by atoms with Gasteiger partial charge in [-0.15, -0.1) is 5.10 Å². The summed E-state index contributed by atoms with van der Waals surface area (Å²) in [7, 11) is 0. The van der Waals surface area contributed by atoms with Gasteiger partial charge in [-0.05, 0) is 25.1 Å². The van der Waals surface area contributed by atoms with Crippen LogP contribution in [-0.4, -0.2) is 53.8 Å². The average molecular weight is 270 g/mol. The molecule has 0 spiro atoms. The number of aromatic amines is 1. The lowest BCUT2D eigenvalue weighted by molar-refractivity contribution is 0.0958. The predicted molar refractivity (Wildman–Crippen MR) is 69.4 cm³/mol. The van der Waals surface area contributed by atoms with Crippen molar-refractivity contribution in [1.82, 2.24) is 14.8 Å². The Morgan fingerprint density at radius 2 is 2.17 bits per heavy atom. The molecule has 2 aliphatic heterocycles. The second-order valence-corrected chi connectivity index (χ2v) is 5.06. The number of rotatable bonds is 3. The highest BCUT2D eigenvalue weighted by atomic mass is 32.1. The first kappa shape index (κ1) is 12.1. The average Bonchev–Trinajstić information content (AvgIpc) is 3.03. The summed E-state index contributed by atoms with van der Waals surface area (Å²) in [5.74, 6) is 0.916. The lowest BCUT2D eigenvalue weighted by atomic mass is 10.2. The molecular formula is C11H18N4O2S.